The van der Waals surface area contributed by atoms with Crippen molar-refractivity contribution in [2.45, 2.75) is 89.1 Å². The normalized spacial score (nSPS) is 18.2. The third-order valence-electron chi connectivity index (χ3n) is 7.91. The molecule has 10 nitrogen and oxygen atoms in total. The summed E-state index contributed by atoms with van der Waals surface area (Å²) in [5.41, 5.74) is 8.07. The van der Waals surface area contributed by atoms with E-state index in [9.17, 15) is 19.6 Å². The van der Waals surface area contributed by atoms with E-state index in [1.807, 2.05) is 6.07 Å². The molecule has 1 aliphatic heterocycles. The van der Waals surface area contributed by atoms with Crippen molar-refractivity contribution in [3.05, 3.63) is 69.6 Å². The van der Waals surface area contributed by atoms with Gasteiger partial charge in [-0.25, -0.2) is 0 Å². The molecule has 1 aliphatic carbocycles. The number of nitrogens with two attached hydrogens (primary N) is 1. The van der Waals surface area contributed by atoms with Gasteiger partial charge >= 0.3 is 5.97 Å². The maximum atomic E-state index is 13.8. The van der Waals surface area contributed by atoms with Gasteiger partial charge in [0.2, 0.25) is 11.8 Å². The zero-order valence-corrected chi connectivity index (χ0v) is 24.1. The number of pyridine rings is 1. The van der Waals surface area contributed by atoms with Gasteiger partial charge in [0.15, 0.2) is 11.9 Å². The van der Waals surface area contributed by atoms with Crippen LogP contribution in [0.2, 0.25) is 5.02 Å². The standard InChI is InChI=1S/C30H40ClN5O5/c31-23-12-11-21(18-32)22(17-23)19-34-29(38)27-10-6-15-35(27)30(39)26(14-13-24-7-4-5-16-36(24)40)33-20-28(37)41-25-8-2-1-3-9-25/h4-5,7,11-12,16-17,25-27,33H,1-3,6,8-10,13-15,18-20,32H2,(H,34,38)/t26-,27+/m1/s1. The Kier molecular flexibility index (Phi) is 11.4. The molecule has 0 bridgehead atoms. The Hall–Kier alpha value is -3.21. The molecule has 222 valence electrons. The van der Waals surface area contributed by atoms with Crippen molar-refractivity contribution in [1.82, 2.24) is 15.5 Å². The number of hydrogen-bond donors (Lipinski definition) is 3. The molecule has 41 heavy (non-hydrogen) atoms. The lowest BCUT2D eigenvalue weighted by molar-refractivity contribution is -0.614. The minimum Gasteiger partial charge on any atom is -0.619 e. The number of likely N-dealkylation sites (tertiary alicyclic amines) is 1. The van der Waals surface area contributed by atoms with Crippen molar-refractivity contribution in [3.8, 4) is 0 Å². The van der Waals surface area contributed by atoms with Crippen LogP contribution in [0.1, 0.15) is 68.2 Å². The largest absolute Gasteiger partial charge is 0.619 e. The smallest absolute Gasteiger partial charge is 0.320 e. The number of carbonyl (C=O) groups excluding carboxylic acids is 3. The maximum Gasteiger partial charge on any atom is 0.320 e. The Morgan fingerprint density at radius 1 is 1.10 bits per heavy atom. The molecule has 0 radical (unpaired) electrons. The zero-order chi connectivity index (χ0) is 29.2. The van der Waals surface area contributed by atoms with Gasteiger partial charge in [-0.1, -0.05) is 30.2 Å². The summed E-state index contributed by atoms with van der Waals surface area (Å²) in [4.78, 5) is 41.2. The van der Waals surface area contributed by atoms with Gasteiger partial charge in [0.05, 0.1) is 12.6 Å². The highest BCUT2D eigenvalue weighted by Crippen LogP contribution is 2.22. The Morgan fingerprint density at radius 2 is 1.90 bits per heavy atom. The van der Waals surface area contributed by atoms with Gasteiger partial charge in [0.25, 0.3) is 0 Å². The molecule has 2 amide bonds. The SMILES string of the molecule is NCc1ccc(Cl)cc1CNC(=O)[C@@H]1CCCN1C(=O)[C@@H](CCc1cccc[n+]1[O-])NCC(=O)OC1CCCCC1. The van der Waals surface area contributed by atoms with Crippen LogP contribution in [0.25, 0.3) is 0 Å². The van der Waals surface area contributed by atoms with E-state index in [2.05, 4.69) is 10.6 Å². The van der Waals surface area contributed by atoms with E-state index in [1.54, 1.807) is 35.2 Å². The number of aromatic nitrogens is 1. The predicted molar refractivity (Wildman–Crippen MR) is 154 cm³/mol. The van der Waals surface area contributed by atoms with Crippen LogP contribution < -0.4 is 21.1 Å². The Morgan fingerprint density at radius 3 is 2.66 bits per heavy atom. The number of carbonyl (C=O) groups is 3. The van der Waals surface area contributed by atoms with Gasteiger partial charge in [-0.15, -0.1) is 0 Å². The van der Waals surface area contributed by atoms with E-state index >= 15 is 0 Å². The summed E-state index contributed by atoms with van der Waals surface area (Å²) in [6.07, 6.45) is 8.12. The first-order valence-corrected chi connectivity index (χ1v) is 14.9. The van der Waals surface area contributed by atoms with Crippen LogP contribution >= 0.6 is 11.6 Å². The second-order valence-electron chi connectivity index (χ2n) is 10.8. The molecule has 2 heterocycles. The number of aryl methyl sites for hydroxylation is 1. The molecule has 2 aliphatic rings. The number of ether oxygens (including phenoxy) is 1. The highest BCUT2D eigenvalue weighted by molar-refractivity contribution is 6.30. The number of nitrogens with one attached hydrogen (secondary N) is 2. The van der Waals surface area contributed by atoms with Crippen molar-refractivity contribution < 1.29 is 23.9 Å². The molecule has 11 heteroatoms. The van der Waals surface area contributed by atoms with Crippen molar-refractivity contribution in [2.75, 3.05) is 13.1 Å². The number of amides is 2. The van der Waals surface area contributed by atoms with Gasteiger partial charge in [-0.05, 0) is 68.2 Å². The van der Waals surface area contributed by atoms with E-state index in [0.29, 0.717) is 43.1 Å². The molecule has 1 saturated heterocycles. The number of nitrogens with zero attached hydrogens (tertiary/aromatic N) is 2. The van der Waals surface area contributed by atoms with Crippen LogP contribution in [0.5, 0.6) is 0 Å². The van der Waals surface area contributed by atoms with Crippen molar-refractivity contribution in [3.63, 3.8) is 0 Å². The van der Waals surface area contributed by atoms with Crippen LogP contribution in [0.3, 0.4) is 0 Å². The molecule has 1 saturated carbocycles. The quantitative estimate of drug-likeness (QED) is 0.197. The van der Waals surface area contributed by atoms with E-state index in [0.717, 1.165) is 48.0 Å². The molecule has 1 aromatic carbocycles. The van der Waals surface area contributed by atoms with Gasteiger partial charge in [0, 0.05) is 43.2 Å². The van der Waals surface area contributed by atoms with Crippen molar-refractivity contribution >= 4 is 29.4 Å². The number of hydrogen-bond acceptors (Lipinski definition) is 7. The molecule has 4 rings (SSSR count). The molecule has 0 spiro atoms. The summed E-state index contributed by atoms with van der Waals surface area (Å²) >= 11 is 6.14. The number of benzene rings is 1. The first-order valence-electron chi connectivity index (χ1n) is 14.5. The van der Waals surface area contributed by atoms with Gasteiger partial charge in [-0.2, -0.15) is 4.73 Å². The molecule has 2 atom stereocenters. The highest BCUT2D eigenvalue weighted by atomic mass is 35.5. The van der Waals surface area contributed by atoms with Crippen LogP contribution in [0, 0.1) is 5.21 Å². The number of esters is 1. The van der Waals surface area contributed by atoms with Crippen LogP contribution in [0.4, 0.5) is 0 Å². The summed E-state index contributed by atoms with van der Waals surface area (Å²) in [5, 5.41) is 18.8. The Bertz CT molecular complexity index is 1210. The van der Waals surface area contributed by atoms with E-state index in [-0.39, 0.29) is 37.4 Å². The molecule has 2 fully saturated rings. The predicted octanol–water partition coefficient (Wildman–Crippen LogP) is 2.51. The maximum absolute atomic E-state index is 13.8. The Labute approximate surface area is 246 Å². The van der Waals surface area contributed by atoms with Gasteiger partial charge in [-0.3, -0.25) is 19.7 Å². The molecular formula is C30H40ClN5O5. The molecular weight excluding hydrogens is 546 g/mol. The second kappa shape index (κ2) is 15.1. The fraction of sp³-hybridized carbons (Fsp3) is 0.533. The minimum atomic E-state index is -0.765. The average Bonchev–Trinajstić information content (AvgIpc) is 3.47. The number of halogens is 1. The topological polar surface area (TPSA) is 141 Å². The monoisotopic (exact) mass is 585 g/mol. The third-order valence-corrected chi connectivity index (χ3v) is 8.15. The van der Waals surface area contributed by atoms with Gasteiger partial charge < -0.3 is 25.9 Å². The van der Waals surface area contributed by atoms with Crippen molar-refractivity contribution in [2.24, 2.45) is 5.73 Å². The highest BCUT2D eigenvalue weighted by Gasteiger charge is 2.37. The van der Waals surface area contributed by atoms with Gasteiger partial charge in [0.1, 0.15) is 12.1 Å². The second-order valence-corrected chi connectivity index (χ2v) is 11.2. The number of rotatable bonds is 12. The summed E-state index contributed by atoms with van der Waals surface area (Å²) in [6.45, 7) is 0.870. The summed E-state index contributed by atoms with van der Waals surface area (Å²) in [5.74, 6) is -0.928. The molecule has 0 unspecified atom stereocenters. The lowest BCUT2D eigenvalue weighted by Gasteiger charge is -2.29. The van der Waals surface area contributed by atoms with E-state index in [4.69, 9.17) is 22.1 Å². The fourth-order valence-electron chi connectivity index (χ4n) is 5.64. The summed E-state index contributed by atoms with van der Waals surface area (Å²) in [7, 11) is 0. The Balaban J connectivity index is 1.41. The fourth-order valence-corrected chi connectivity index (χ4v) is 5.84. The first-order chi connectivity index (χ1) is 19.9. The van der Waals surface area contributed by atoms with Crippen LogP contribution in [-0.4, -0.2) is 54.0 Å². The average molecular weight is 586 g/mol. The lowest BCUT2D eigenvalue weighted by Crippen LogP contribution is -2.53. The molecule has 1 aromatic heterocycles. The van der Waals surface area contributed by atoms with Crippen LogP contribution in [0.15, 0.2) is 42.6 Å². The van der Waals surface area contributed by atoms with E-state index in [1.165, 1.54) is 6.20 Å². The molecule has 4 N–H and O–H groups in total. The summed E-state index contributed by atoms with van der Waals surface area (Å²) < 4.78 is 6.40. The first kappa shape index (κ1) is 30.7. The summed E-state index contributed by atoms with van der Waals surface area (Å²) in [6, 6.07) is 9.10. The van der Waals surface area contributed by atoms with Crippen LogP contribution in [-0.2, 0) is 38.6 Å². The lowest BCUT2D eigenvalue weighted by atomic mass is 9.98. The van der Waals surface area contributed by atoms with Crippen molar-refractivity contribution in [1.29, 1.82) is 0 Å². The van der Waals surface area contributed by atoms with E-state index < -0.39 is 18.1 Å². The third kappa shape index (κ3) is 8.64. The zero-order valence-electron chi connectivity index (χ0n) is 23.4. The minimum absolute atomic E-state index is 0.0816. The molecule has 2 aromatic rings.